The molecule has 3 aliphatic rings. The Morgan fingerprint density at radius 3 is 1.98 bits per heavy atom. The van der Waals surface area contributed by atoms with Gasteiger partial charge in [0.2, 0.25) is 0 Å². The van der Waals surface area contributed by atoms with E-state index in [2.05, 4.69) is 0 Å². The summed E-state index contributed by atoms with van der Waals surface area (Å²) in [4.78, 5) is 0. The fourth-order valence-corrected chi connectivity index (χ4v) is 7.11. The molecule has 12 N–H and O–H groups in total. The first-order chi connectivity index (χ1) is 24.8. The summed E-state index contributed by atoms with van der Waals surface area (Å²) in [6.45, 7) is -0.738. The smallest absolute Gasteiger partial charge is 0.187 e. The van der Waals surface area contributed by atoms with E-state index in [4.69, 9.17) is 18.9 Å². The van der Waals surface area contributed by atoms with Crippen molar-refractivity contribution >= 4 is 0 Å². The molecule has 7 rings (SSSR count). The third kappa shape index (κ3) is 5.99. The second-order valence-corrected chi connectivity index (χ2v) is 13.0. The molecule has 0 bridgehead atoms. The summed E-state index contributed by atoms with van der Waals surface area (Å²) >= 11 is 0. The van der Waals surface area contributed by atoms with Crippen LogP contribution in [0.4, 0.5) is 0 Å². The fourth-order valence-electron chi connectivity index (χ4n) is 7.11. The van der Waals surface area contributed by atoms with Crippen LogP contribution in [0.3, 0.4) is 0 Å². The normalized spacial score (nSPS) is 29.7. The van der Waals surface area contributed by atoms with Gasteiger partial charge in [-0.2, -0.15) is 0 Å². The van der Waals surface area contributed by atoms with Crippen molar-refractivity contribution in [1.82, 2.24) is 0 Å². The highest BCUT2D eigenvalue weighted by Crippen LogP contribution is 2.57. The molecule has 0 aromatic heterocycles. The minimum atomic E-state index is -1.82. The Morgan fingerprint density at radius 2 is 1.29 bits per heavy atom. The van der Waals surface area contributed by atoms with Crippen LogP contribution in [-0.2, 0) is 15.9 Å². The third-order valence-electron chi connectivity index (χ3n) is 9.70. The maximum absolute atomic E-state index is 12.0. The van der Waals surface area contributed by atoms with Crippen molar-refractivity contribution in [3.05, 3.63) is 88.5 Å². The van der Waals surface area contributed by atoms with Crippen LogP contribution in [0.25, 0.3) is 0 Å². The number of phenols is 7. The lowest BCUT2D eigenvalue weighted by molar-refractivity contribution is -0.317. The molecule has 0 aliphatic carbocycles. The van der Waals surface area contributed by atoms with Gasteiger partial charge in [-0.1, -0.05) is 18.2 Å². The Bertz CT molecular complexity index is 1970. The summed E-state index contributed by atoms with van der Waals surface area (Å²) in [5, 5.41) is 128. The average Bonchev–Trinajstić information content (AvgIpc) is 3.10. The lowest BCUT2D eigenvalue weighted by atomic mass is 9.77. The first-order valence-corrected chi connectivity index (χ1v) is 16.2. The summed E-state index contributed by atoms with van der Waals surface area (Å²) in [6.07, 6.45) is -13.9. The zero-order valence-corrected chi connectivity index (χ0v) is 27.0. The van der Waals surface area contributed by atoms with Crippen molar-refractivity contribution in [2.24, 2.45) is 0 Å². The molecule has 10 atom stereocenters. The number of aliphatic hydroxyl groups is 5. The number of hydrogen-bond donors (Lipinski definition) is 12. The lowest BCUT2D eigenvalue weighted by Crippen LogP contribution is -2.60. The van der Waals surface area contributed by atoms with E-state index in [9.17, 15) is 61.3 Å². The van der Waals surface area contributed by atoms with Crippen LogP contribution < -0.4 is 9.47 Å². The van der Waals surface area contributed by atoms with Crippen molar-refractivity contribution in [1.29, 1.82) is 0 Å². The van der Waals surface area contributed by atoms with Crippen molar-refractivity contribution in [2.75, 3.05) is 6.61 Å². The van der Waals surface area contributed by atoms with E-state index in [0.717, 1.165) is 18.2 Å². The van der Waals surface area contributed by atoms with Gasteiger partial charge in [-0.05, 0) is 35.4 Å². The molecule has 0 amide bonds. The summed E-state index contributed by atoms with van der Waals surface area (Å²) in [5.41, 5.74) is 0.384. The zero-order valence-electron chi connectivity index (χ0n) is 27.0. The van der Waals surface area contributed by atoms with Crippen LogP contribution in [0, 0.1) is 0 Å². The summed E-state index contributed by atoms with van der Waals surface area (Å²) < 4.78 is 24.2. The maximum atomic E-state index is 12.0. The molecule has 16 heteroatoms. The Balaban J connectivity index is 1.38. The topological polar surface area (TPSA) is 280 Å². The highest BCUT2D eigenvalue weighted by atomic mass is 16.7. The lowest BCUT2D eigenvalue weighted by Gasteiger charge is -2.44. The number of ether oxygens (including phenoxy) is 4. The van der Waals surface area contributed by atoms with Crippen molar-refractivity contribution in [2.45, 2.75) is 67.5 Å². The van der Waals surface area contributed by atoms with Gasteiger partial charge >= 0.3 is 0 Å². The molecule has 1 fully saturated rings. The zero-order chi connectivity index (χ0) is 37.2. The first-order valence-electron chi connectivity index (χ1n) is 16.2. The average molecular weight is 725 g/mol. The van der Waals surface area contributed by atoms with Gasteiger partial charge < -0.3 is 80.2 Å². The Morgan fingerprint density at radius 1 is 0.596 bits per heavy atom. The van der Waals surface area contributed by atoms with E-state index in [1.165, 1.54) is 42.5 Å². The van der Waals surface area contributed by atoms with Crippen LogP contribution in [0.1, 0.15) is 45.9 Å². The number of aromatic hydroxyl groups is 7. The molecule has 4 aromatic rings. The highest BCUT2D eigenvalue weighted by molar-refractivity contribution is 5.65. The van der Waals surface area contributed by atoms with Crippen molar-refractivity contribution in [3.63, 3.8) is 0 Å². The van der Waals surface area contributed by atoms with Gasteiger partial charge in [0.15, 0.2) is 30.0 Å². The highest BCUT2D eigenvalue weighted by Gasteiger charge is 2.49. The minimum Gasteiger partial charge on any atom is -0.508 e. The van der Waals surface area contributed by atoms with Gasteiger partial charge in [-0.25, -0.2) is 0 Å². The quantitative estimate of drug-likeness (QED) is 0.124. The number of rotatable bonds is 6. The molecule has 0 radical (unpaired) electrons. The standard InChI is InChI=1S/C36H36O16/c37-12-25-29(45)31(47)32(48)36(51-25)50-24-10-17-19(41)11-22(44)27(35(17)52-33(24)14-3-6-18(40)20(42)7-14)28-26-21(43)8-16(39)9-23(26)49-34(30(28)46)13-1-4-15(38)5-2-13/h1-9,11,24-25,28-34,36-48H,10,12H2. The minimum absolute atomic E-state index is 0.0151. The molecule has 276 valence electrons. The van der Waals surface area contributed by atoms with Gasteiger partial charge in [0.25, 0.3) is 0 Å². The van der Waals surface area contributed by atoms with Crippen LogP contribution in [0.2, 0.25) is 0 Å². The van der Waals surface area contributed by atoms with E-state index in [1.807, 2.05) is 0 Å². The van der Waals surface area contributed by atoms with Gasteiger partial charge in [-0.15, -0.1) is 0 Å². The van der Waals surface area contributed by atoms with Gasteiger partial charge in [0, 0.05) is 41.3 Å². The number of fused-ring (bicyclic) bond motifs is 2. The molecular weight excluding hydrogens is 688 g/mol. The molecule has 3 aliphatic heterocycles. The molecule has 52 heavy (non-hydrogen) atoms. The van der Waals surface area contributed by atoms with Crippen LogP contribution in [-0.4, -0.2) is 111 Å². The van der Waals surface area contributed by atoms with Crippen LogP contribution in [0.5, 0.6) is 51.7 Å². The summed E-state index contributed by atoms with van der Waals surface area (Å²) in [6, 6.07) is 12.6. The van der Waals surface area contributed by atoms with E-state index in [0.29, 0.717) is 5.56 Å². The monoisotopic (exact) mass is 724 g/mol. The number of benzene rings is 4. The molecule has 4 aromatic carbocycles. The van der Waals surface area contributed by atoms with Gasteiger partial charge in [0.05, 0.1) is 12.5 Å². The largest absolute Gasteiger partial charge is 0.508 e. The van der Waals surface area contributed by atoms with Crippen molar-refractivity contribution < 1.29 is 80.2 Å². The molecule has 3 heterocycles. The van der Waals surface area contributed by atoms with E-state index in [1.54, 1.807) is 0 Å². The molecule has 0 saturated carbocycles. The van der Waals surface area contributed by atoms with Crippen LogP contribution in [0.15, 0.2) is 60.7 Å². The fraction of sp³-hybridized carbons (Fsp3) is 0.333. The first kappa shape index (κ1) is 35.2. The Hall–Kier alpha value is -5.20. The molecule has 0 spiro atoms. The van der Waals surface area contributed by atoms with E-state index >= 15 is 0 Å². The maximum Gasteiger partial charge on any atom is 0.187 e. The third-order valence-corrected chi connectivity index (χ3v) is 9.70. The summed E-state index contributed by atoms with van der Waals surface area (Å²) in [5.74, 6) is -4.64. The predicted molar refractivity (Wildman–Crippen MR) is 174 cm³/mol. The second-order valence-electron chi connectivity index (χ2n) is 13.0. The molecular formula is C36H36O16. The summed E-state index contributed by atoms with van der Waals surface area (Å²) in [7, 11) is 0. The predicted octanol–water partition coefficient (Wildman–Crippen LogP) is 1.11. The molecule has 16 nitrogen and oxygen atoms in total. The Kier molecular flexibility index (Phi) is 9.08. The van der Waals surface area contributed by atoms with Crippen LogP contribution >= 0.6 is 0 Å². The van der Waals surface area contributed by atoms with Gasteiger partial charge in [0.1, 0.15) is 76.9 Å². The number of phenolic OH excluding ortho intramolecular Hbond substituents is 7. The van der Waals surface area contributed by atoms with E-state index < -0.39 is 96.4 Å². The molecule has 1 saturated heterocycles. The van der Waals surface area contributed by atoms with Gasteiger partial charge in [-0.3, -0.25) is 0 Å². The SMILES string of the molecule is OCC1OC(OC2Cc3c(O)cc(O)c(C4c5c(O)cc(O)cc5OC(c5ccc(O)cc5)C4O)c3OC2c2ccc(O)c(O)c2)C(O)C(O)C1O. The van der Waals surface area contributed by atoms with E-state index in [-0.39, 0.29) is 51.7 Å². The number of hydrogen-bond acceptors (Lipinski definition) is 16. The Labute approximate surface area is 294 Å². The van der Waals surface area contributed by atoms with Crippen molar-refractivity contribution in [3.8, 4) is 51.7 Å². The number of aliphatic hydroxyl groups excluding tert-OH is 5. The second kappa shape index (κ2) is 13.4. The molecule has 10 unspecified atom stereocenters.